The quantitative estimate of drug-likeness (QED) is 0.439. The van der Waals surface area contributed by atoms with Gasteiger partial charge in [0.05, 0.1) is 16.7 Å². The van der Waals surface area contributed by atoms with Crippen molar-refractivity contribution in [3.05, 3.63) is 70.1 Å². The number of nitrogens with zero attached hydrogens (tertiary/aromatic N) is 2. The number of H-pyrrole nitrogens is 1. The molecule has 6 heteroatoms. The van der Waals surface area contributed by atoms with E-state index in [9.17, 15) is 9.59 Å². The van der Waals surface area contributed by atoms with E-state index in [4.69, 9.17) is 0 Å². The number of aryl methyl sites for hydroxylation is 1. The second-order valence-electron chi connectivity index (χ2n) is 4.97. The van der Waals surface area contributed by atoms with E-state index in [1.807, 2.05) is 31.2 Å². The van der Waals surface area contributed by atoms with Gasteiger partial charge in [-0.1, -0.05) is 30.3 Å². The molecule has 1 aromatic heterocycles. The van der Waals surface area contributed by atoms with Crippen LogP contribution >= 0.6 is 0 Å². The summed E-state index contributed by atoms with van der Waals surface area (Å²) in [5.41, 5.74) is 5.20. The Morgan fingerprint density at radius 2 is 1.91 bits per heavy atom. The van der Waals surface area contributed by atoms with Gasteiger partial charge in [-0.05, 0) is 30.7 Å². The highest BCUT2D eigenvalue weighted by Crippen LogP contribution is 2.13. The van der Waals surface area contributed by atoms with Crippen LogP contribution in [0.4, 0.5) is 5.69 Å². The molecule has 0 atom stereocenters. The molecule has 0 fully saturated rings. The molecule has 0 radical (unpaired) electrons. The molecule has 3 aromatic rings. The van der Waals surface area contributed by atoms with E-state index in [1.54, 1.807) is 24.3 Å². The van der Waals surface area contributed by atoms with E-state index in [-0.39, 0.29) is 11.4 Å². The Bertz CT molecular complexity index is 960. The normalized spacial score (nSPS) is 11.4. The predicted molar refractivity (Wildman–Crippen MR) is 89.8 cm³/mol. The molecule has 3 rings (SSSR count). The van der Waals surface area contributed by atoms with Crippen LogP contribution in [0.2, 0.25) is 0 Å². The van der Waals surface area contributed by atoms with Crippen LogP contribution in [0.25, 0.3) is 11.0 Å². The molecule has 0 aliphatic heterocycles. The molecule has 2 N–H and O–H groups in total. The van der Waals surface area contributed by atoms with Crippen molar-refractivity contribution in [1.29, 1.82) is 0 Å². The van der Waals surface area contributed by atoms with Gasteiger partial charge in [0, 0.05) is 0 Å². The molecule has 0 spiro atoms. The lowest BCUT2D eigenvalue weighted by Crippen LogP contribution is -2.22. The monoisotopic (exact) mass is 306 g/mol. The van der Waals surface area contributed by atoms with Crippen molar-refractivity contribution in [2.75, 3.05) is 5.43 Å². The molecule has 23 heavy (non-hydrogen) atoms. The molecule has 0 unspecified atom stereocenters. The maximum Gasteiger partial charge on any atom is 0.276 e. The number of hydrazone groups is 1. The second-order valence-corrected chi connectivity index (χ2v) is 4.97. The molecule has 0 aliphatic rings. The Morgan fingerprint density at radius 1 is 1.17 bits per heavy atom. The van der Waals surface area contributed by atoms with Crippen molar-refractivity contribution in [3.8, 4) is 0 Å². The first kappa shape index (κ1) is 14.6. The molecule has 0 aliphatic carbocycles. The van der Waals surface area contributed by atoms with Gasteiger partial charge in [0.15, 0.2) is 17.7 Å². The fourth-order valence-electron chi connectivity index (χ4n) is 2.16. The summed E-state index contributed by atoms with van der Waals surface area (Å²) in [5, 5.41) is 4.03. The van der Waals surface area contributed by atoms with Gasteiger partial charge in [-0.25, -0.2) is 4.98 Å². The van der Waals surface area contributed by atoms with Crippen molar-refractivity contribution in [3.63, 3.8) is 0 Å². The summed E-state index contributed by atoms with van der Waals surface area (Å²) in [7, 11) is 0. The second kappa shape index (κ2) is 6.23. The Morgan fingerprint density at radius 3 is 2.70 bits per heavy atom. The lowest BCUT2D eigenvalue weighted by Gasteiger charge is -2.05. The summed E-state index contributed by atoms with van der Waals surface area (Å²) in [6, 6.07) is 14.6. The van der Waals surface area contributed by atoms with E-state index >= 15 is 0 Å². The zero-order valence-electron chi connectivity index (χ0n) is 12.4. The van der Waals surface area contributed by atoms with Gasteiger partial charge in [0.25, 0.3) is 5.56 Å². The Kier molecular flexibility index (Phi) is 3.97. The van der Waals surface area contributed by atoms with Crippen LogP contribution in [0.5, 0.6) is 0 Å². The van der Waals surface area contributed by atoms with Crippen molar-refractivity contribution in [2.45, 2.75) is 6.92 Å². The first-order valence-corrected chi connectivity index (χ1v) is 7.03. The van der Waals surface area contributed by atoms with E-state index in [0.717, 1.165) is 11.3 Å². The first-order chi connectivity index (χ1) is 11.2. The van der Waals surface area contributed by atoms with E-state index in [0.29, 0.717) is 17.3 Å². The highest BCUT2D eigenvalue weighted by Gasteiger charge is 2.11. The van der Waals surface area contributed by atoms with Gasteiger partial charge in [-0.15, -0.1) is 0 Å². The van der Waals surface area contributed by atoms with Gasteiger partial charge in [-0.2, -0.15) is 5.10 Å². The molecule has 0 saturated carbocycles. The lowest BCUT2D eigenvalue weighted by atomic mass is 10.2. The van der Waals surface area contributed by atoms with Crippen molar-refractivity contribution in [2.24, 2.45) is 5.10 Å². The fourth-order valence-corrected chi connectivity index (χ4v) is 2.16. The maximum atomic E-state index is 12.1. The molecule has 2 aromatic carbocycles. The third-order valence-corrected chi connectivity index (χ3v) is 3.40. The molecular formula is C17H14N4O2. The standard InChI is InChI=1S/C17H14N4O2/c1-11-6-2-3-7-12(11)20-21-15(10-22)16-17(23)19-14-9-5-4-8-13(14)18-16/h2-10,20H,1H3,(H,19,23)/b21-15+. The predicted octanol–water partition coefficient (Wildman–Crippen LogP) is 2.25. The average molecular weight is 306 g/mol. The summed E-state index contributed by atoms with van der Waals surface area (Å²) < 4.78 is 0. The minimum absolute atomic E-state index is 0.0141. The number of anilines is 1. The lowest BCUT2D eigenvalue weighted by molar-refractivity contribution is -0.102. The first-order valence-electron chi connectivity index (χ1n) is 7.03. The number of hydrogen-bond acceptors (Lipinski definition) is 5. The summed E-state index contributed by atoms with van der Waals surface area (Å²) in [6.45, 7) is 1.92. The number of benzene rings is 2. The summed E-state index contributed by atoms with van der Waals surface area (Å²) in [4.78, 5) is 30.4. The number of para-hydroxylation sites is 3. The average Bonchev–Trinajstić information content (AvgIpc) is 2.57. The van der Waals surface area contributed by atoms with Crippen LogP contribution in [0.1, 0.15) is 11.3 Å². The molecular weight excluding hydrogens is 292 g/mol. The highest BCUT2D eigenvalue weighted by atomic mass is 16.1. The minimum atomic E-state index is -0.457. The van der Waals surface area contributed by atoms with E-state index in [1.165, 1.54) is 0 Å². The van der Waals surface area contributed by atoms with Crippen LogP contribution in [0.3, 0.4) is 0 Å². The SMILES string of the molecule is Cc1ccccc1N/N=C(\C=O)c1nc2ccccc2[nH]c1=O. The number of aromatic nitrogens is 2. The van der Waals surface area contributed by atoms with Crippen molar-refractivity contribution >= 4 is 28.7 Å². The van der Waals surface area contributed by atoms with Gasteiger partial charge in [0.1, 0.15) is 0 Å². The molecule has 114 valence electrons. The smallest absolute Gasteiger partial charge is 0.276 e. The Labute approximate surface area is 131 Å². The van der Waals surface area contributed by atoms with Crippen molar-refractivity contribution < 1.29 is 4.79 Å². The number of rotatable bonds is 4. The van der Waals surface area contributed by atoms with E-state index in [2.05, 4.69) is 20.5 Å². The largest absolute Gasteiger partial charge is 0.319 e. The third kappa shape index (κ3) is 3.01. The van der Waals surface area contributed by atoms with Gasteiger partial charge < -0.3 is 4.98 Å². The number of fused-ring (bicyclic) bond motifs is 1. The van der Waals surface area contributed by atoms with Crippen LogP contribution < -0.4 is 11.0 Å². The number of hydrogen-bond donors (Lipinski definition) is 2. The van der Waals surface area contributed by atoms with Gasteiger partial charge >= 0.3 is 0 Å². The molecule has 0 amide bonds. The summed E-state index contributed by atoms with van der Waals surface area (Å²) >= 11 is 0. The fraction of sp³-hybridized carbons (Fsp3) is 0.0588. The maximum absolute atomic E-state index is 12.1. The van der Waals surface area contributed by atoms with Crippen LogP contribution in [-0.2, 0) is 4.79 Å². The van der Waals surface area contributed by atoms with Gasteiger partial charge in [0.2, 0.25) is 0 Å². The summed E-state index contributed by atoms with van der Waals surface area (Å²) in [5.74, 6) is 0. The number of nitrogens with one attached hydrogen (secondary N) is 2. The zero-order chi connectivity index (χ0) is 16.2. The Hall–Kier alpha value is -3.28. The van der Waals surface area contributed by atoms with Gasteiger partial charge in [-0.3, -0.25) is 15.0 Å². The summed E-state index contributed by atoms with van der Waals surface area (Å²) in [6.07, 6.45) is 0.512. The van der Waals surface area contributed by atoms with Crippen LogP contribution in [-0.4, -0.2) is 22.0 Å². The minimum Gasteiger partial charge on any atom is -0.319 e. The molecule has 6 nitrogen and oxygen atoms in total. The van der Waals surface area contributed by atoms with E-state index < -0.39 is 5.56 Å². The Balaban J connectivity index is 2.02. The molecule has 0 saturated heterocycles. The topological polar surface area (TPSA) is 87.2 Å². The highest BCUT2D eigenvalue weighted by molar-refractivity contribution is 6.35. The number of aldehydes is 1. The molecule has 0 bridgehead atoms. The number of carbonyl (C=O) groups is 1. The number of aromatic amines is 1. The molecule has 1 heterocycles. The zero-order valence-corrected chi connectivity index (χ0v) is 12.4. The number of carbonyl (C=O) groups excluding carboxylic acids is 1. The van der Waals surface area contributed by atoms with Crippen LogP contribution in [0.15, 0.2) is 58.4 Å². The third-order valence-electron chi connectivity index (χ3n) is 3.40. The van der Waals surface area contributed by atoms with Crippen LogP contribution in [0, 0.1) is 6.92 Å². The van der Waals surface area contributed by atoms with Crippen molar-refractivity contribution in [1.82, 2.24) is 9.97 Å².